The van der Waals surface area contributed by atoms with E-state index in [1.807, 2.05) is 18.2 Å². The molecule has 0 aromatic heterocycles. The first-order valence-electron chi connectivity index (χ1n) is 4.54. The molecule has 0 unspecified atom stereocenters. The van der Waals surface area contributed by atoms with Crippen molar-refractivity contribution in [1.82, 2.24) is 0 Å². The van der Waals surface area contributed by atoms with Gasteiger partial charge < -0.3 is 10.8 Å². The number of phenolic OH excluding ortho intramolecular Hbond substituents is 1. The normalized spacial score (nSPS) is 11.3. The molecule has 2 aromatic rings. The van der Waals surface area contributed by atoms with Crippen LogP contribution in [0.15, 0.2) is 40.6 Å². The number of anilines is 1. The SMILES string of the molecule is C/N=N/c1ccc2cccc(N)c2c1O. The number of phenols is 1. The number of rotatable bonds is 1. The summed E-state index contributed by atoms with van der Waals surface area (Å²) in [5.41, 5.74) is 6.76. The van der Waals surface area contributed by atoms with Crippen molar-refractivity contribution in [1.29, 1.82) is 0 Å². The maximum absolute atomic E-state index is 9.93. The van der Waals surface area contributed by atoms with Crippen molar-refractivity contribution in [3.8, 4) is 5.75 Å². The molecule has 0 amide bonds. The summed E-state index contributed by atoms with van der Waals surface area (Å²) in [5.74, 6) is 0.0798. The topological polar surface area (TPSA) is 71.0 Å². The molecular formula is C11H11N3O. The third-order valence-electron chi connectivity index (χ3n) is 2.24. The van der Waals surface area contributed by atoms with Crippen molar-refractivity contribution < 1.29 is 5.11 Å². The average Bonchev–Trinajstić information content (AvgIpc) is 2.22. The van der Waals surface area contributed by atoms with Crippen LogP contribution >= 0.6 is 0 Å². The van der Waals surface area contributed by atoms with Crippen LogP contribution in [-0.2, 0) is 0 Å². The Bertz CT molecular complexity index is 535. The Labute approximate surface area is 87.1 Å². The molecule has 2 aromatic carbocycles. The van der Waals surface area contributed by atoms with E-state index in [0.717, 1.165) is 5.39 Å². The van der Waals surface area contributed by atoms with Crippen LogP contribution < -0.4 is 5.73 Å². The van der Waals surface area contributed by atoms with Gasteiger partial charge in [-0.1, -0.05) is 18.2 Å². The lowest BCUT2D eigenvalue weighted by Gasteiger charge is -2.05. The molecule has 0 saturated carbocycles. The molecular weight excluding hydrogens is 190 g/mol. The van der Waals surface area contributed by atoms with E-state index >= 15 is 0 Å². The summed E-state index contributed by atoms with van der Waals surface area (Å²) in [7, 11) is 1.55. The van der Waals surface area contributed by atoms with Crippen LogP contribution in [0.3, 0.4) is 0 Å². The molecule has 0 fully saturated rings. The third kappa shape index (κ3) is 1.50. The number of azo groups is 1. The van der Waals surface area contributed by atoms with Crippen LogP contribution in [0, 0.1) is 0 Å². The van der Waals surface area contributed by atoms with Crippen LogP contribution in [0.25, 0.3) is 10.8 Å². The second-order valence-corrected chi connectivity index (χ2v) is 3.18. The van der Waals surface area contributed by atoms with Gasteiger partial charge in [-0.3, -0.25) is 0 Å². The van der Waals surface area contributed by atoms with Crippen LogP contribution in [0.1, 0.15) is 0 Å². The Balaban J connectivity index is 2.82. The zero-order chi connectivity index (χ0) is 10.8. The predicted octanol–water partition coefficient (Wildman–Crippen LogP) is 2.84. The van der Waals surface area contributed by atoms with E-state index in [9.17, 15) is 5.11 Å². The Morgan fingerprint density at radius 3 is 2.73 bits per heavy atom. The van der Waals surface area contributed by atoms with Gasteiger partial charge in [0.1, 0.15) is 5.69 Å². The van der Waals surface area contributed by atoms with Gasteiger partial charge in [-0.15, -0.1) is 0 Å². The highest BCUT2D eigenvalue weighted by atomic mass is 16.3. The Kier molecular flexibility index (Phi) is 2.25. The first-order chi connectivity index (χ1) is 7.24. The van der Waals surface area contributed by atoms with Crippen molar-refractivity contribution in [2.75, 3.05) is 12.8 Å². The van der Waals surface area contributed by atoms with Gasteiger partial charge in [0.15, 0.2) is 5.75 Å². The second kappa shape index (κ2) is 3.57. The molecule has 0 saturated heterocycles. The lowest BCUT2D eigenvalue weighted by atomic mass is 10.1. The van der Waals surface area contributed by atoms with Gasteiger partial charge in [0, 0.05) is 18.1 Å². The molecule has 0 heterocycles. The highest BCUT2D eigenvalue weighted by Gasteiger charge is 2.07. The molecule has 76 valence electrons. The molecule has 0 aliphatic carbocycles. The van der Waals surface area contributed by atoms with Crippen LogP contribution in [0.2, 0.25) is 0 Å². The highest BCUT2D eigenvalue weighted by molar-refractivity contribution is 6.00. The van der Waals surface area contributed by atoms with Gasteiger partial charge in [-0.2, -0.15) is 10.2 Å². The van der Waals surface area contributed by atoms with Crippen molar-refractivity contribution in [3.63, 3.8) is 0 Å². The van der Waals surface area contributed by atoms with Crippen LogP contribution in [0.4, 0.5) is 11.4 Å². The molecule has 0 atom stereocenters. The maximum Gasteiger partial charge on any atom is 0.152 e. The third-order valence-corrected chi connectivity index (χ3v) is 2.24. The lowest BCUT2D eigenvalue weighted by molar-refractivity contribution is 0.483. The number of hydrogen-bond donors (Lipinski definition) is 2. The molecule has 0 aliphatic rings. The molecule has 0 spiro atoms. The maximum atomic E-state index is 9.93. The van der Waals surface area contributed by atoms with Crippen molar-refractivity contribution in [3.05, 3.63) is 30.3 Å². The minimum atomic E-state index is 0.0798. The number of nitrogens with two attached hydrogens (primary N) is 1. The molecule has 2 rings (SSSR count). The van der Waals surface area contributed by atoms with Crippen molar-refractivity contribution in [2.24, 2.45) is 10.2 Å². The molecule has 0 radical (unpaired) electrons. The second-order valence-electron chi connectivity index (χ2n) is 3.18. The fourth-order valence-corrected chi connectivity index (χ4v) is 1.57. The van der Waals surface area contributed by atoms with E-state index in [-0.39, 0.29) is 5.75 Å². The number of nitrogen functional groups attached to an aromatic ring is 1. The standard InChI is InChI=1S/C11H11N3O/c1-13-14-9-6-5-7-3-2-4-8(12)10(7)11(9)15/h2-6,15H,12H2,1H3/b14-13+. The molecule has 3 N–H and O–H groups in total. The van der Waals surface area contributed by atoms with Gasteiger partial charge in [0.2, 0.25) is 0 Å². The van der Waals surface area contributed by atoms with Gasteiger partial charge >= 0.3 is 0 Å². The number of nitrogens with zero attached hydrogens (tertiary/aromatic N) is 2. The van der Waals surface area contributed by atoms with E-state index < -0.39 is 0 Å². The summed E-state index contributed by atoms with van der Waals surface area (Å²) in [6.45, 7) is 0. The minimum Gasteiger partial charge on any atom is -0.505 e. The first kappa shape index (κ1) is 9.45. The minimum absolute atomic E-state index is 0.0798. The zero-order valence-electron chi connectivity index (χ0n) is 8.31. The van der Waals surface area contributed by atoms with Gasteiger partial charge in [0.25, 0.3) is 0 Å². The predicted molar refractivity (Wildman–Crippen MR) is 60.5 cm³/mol. The van der Waals surface area contributed by atoms with Gasteiger partial charge in [-0.05, 0) is 17.5 Å². The van der Waals surface area contributed by atoms with Gasteiger partial charge in [-0.25, -0.2) is 0 Å². The summed E-state index contributed by atoms with van der Waals surface area (Å²) in [4.78, 5) is 0. The first-order valence-corrected chi connectivity index (χ1v) is 4.54. The fraction of sp³-hybridized carbons (Fsp3) is 0.0909. The number of hydrogen-bond acceptors (Lipinski definition) is 4. The van der Waals surface area contributed by atoms with E-state index in [1.165, 1.54) is 0 Å². The van der Waals surface area contributed by atoms with Crippen LogP contribution in [-0.4, -0.2) is 12.2 Å². The fourth-order valence-electron chi connectivity index (χ4n) is 1.57. The van der Waals surface area contributed by atoms with E-state index in [1.54, 1.807) is 19.2 Å². The summed E-state index contributed by atoms with van der Waals surface area (Å²) in [6.07, 6.45) is 0. The molecule has 15 heavy (non-hydrogen) atoms. The summed E-state index contributed by atoms with van der Waals surface area (Å²) >= 11 is 0. The quantitative estimate of drug-likeness (QED) is 0.550. The van der Waals surface area contributed by atoms with E-state index in [0.29, 0.717) is 16.8 Å². The summed E-state index contributed by atoms with van der Waals surface area (Å²) in [6, 6.07) is 9.05. The average molecular weight is 201 g/mol. The zero-order valence-corrected chi connectivity index (χ0v) is 8.31. The molecule has 4 heteroatoms. The Morgan fingerprint density at radius 1 is 1.20 bits per heavy atom. The largest absolute Gasteiger partial charge is 0.505 e. The van der Waals surface area contributed by atoms with Crippen molar-refractivity contribution in [2.45, 2.75) is 0 Å². The molecule has 4 nitrogen and oxygen atoms in total. The highest BCUT2D eigenvalue weighted by Crippen LogP contribution is 2.37. The Morgan fingerprint density at radius 2 is 2.00 bits per heavy atom. The summed E-state index contributed by atoms with van der Waals surface area (Å²) in [5, 5.41) is 18.9. The lowest BCUT2D eigenvalue weighted by Crippen LogP contribution is -1.86. The number of benzene rings is 2. The van der Waals surface area contributed by atoms with E-state index in [2.05, 4.69) is 10.2 Å². The molecule has 0 bridgehead atoms. The van der Waals surface area contributed by atoms with Gasteiger partial charge in [0.05, 0.1) is 0 Å². The van der Waals surface area contributed by atoms with Crippen LogP contribution in [0.5, 0.6) is 5.75 Å². The Hall–Kier alpha value is -2.10. The van der Waals surface area contributed by atoms with Crippen molar-refractivity contribution >= 4 is 22.1 Å². The van der Waals surface area contributed by atoms with E-state index in [4.69, 9.17) is 5.73 Å². The smallest absolute Gasteiger partial charge is 0.152 e. The molecule has 0 aliphatic heterocycles. The summed E-state index contributed by atoms with van der Waals surface area (Å²) < 4.78 is 0. The number of fused-ring (bicyclic) bond motifs is 1. The monoisotopic (exact) mass is 201 g/mol. The number of aromatic hydroxyl groups is 1.